The Labute approximate surface area is 104 Å². The lowest BCUT2D eigenvalue weighted by Gasteiger charge is -2.05. The van der Waals surface area contributed by atoms with E-state index in [4.69, 9.17) is 17.4 Å². The first kappa shape index (κ1) is 11.6. The third kappa shape index (κ3) is 2.64. The third-order valence-electron chi connectivity index (χ3n) is 2.41. The van der Waals surface area contributed by atoms with Crippen LogP contribution in [0, 0.1) is 0 Å². The topological polar surface area (TPSA) is 55.1 Å². The van der Waals surface area contributed by atoms with Gasteiger partial charge in [0.1, 0.15) is 0 Å². The van der Waals surface area contributed by atoms with E-state index in [0.717, 1.165) is 11.1 Å². The van der Waals surface area contributed by atoms with Crippen molar-refractivity contribution in [3.8, 4) is 11.1 Å². The highest BCUT2D eigenvalue weighted by atomic mass is 35.5. The van der Waals surface area contributed by atoms with Crippen LogP contribution < -0.4 is 11.3 Å². The van der Waals surface area contributed by atoms with Crippen molar-refractivity contribution in [1.29, 1.82) is 0 Å². The number of carbonyl (C=O) groups excluding carboxylic acids is 1. The molecular weight excluding hydrogens is 236 g/mol. The van der Waals surface area contributed by atoms with Crippen LogP contribution in [0.4, 0.5) is 0 Å². The molecule has 2 aromatic rings. The Hall–Kier alpha value is -1.84. The number of nitrogen functional groups attached to an aromatic ring is 1. The number of hydrogen-bond acceptors (Lipinski definition) is 2. The molecule has 0 bridgehead atoms. The number of nitrogens with two attached hydrogens (primary N) is 1. The van der Waals surface area contributed by atoms with Crippen LogP contribution in [0.3, 0.4) is 0 Å². The quantitative estimate of drug-likeness (QED) is 0.486. The van der Waals surface area contributed by atoms with Gasteiger partial charge in [0, 0.05) is 10.6 Å². The van der Waals surface area contributed by atoms with Crippen molar-refractivity contribution in [3.05, 3.63) is 59.1 Å². The van der Waals surface area contributed by atoms with Gasteiger partial charge in [0.15, 0.2) is 0 Å². The number of hydrazine groups is 1. The molecule has 2 rings (SSSR count). The highest BCUT2D eigenvalue weighted by molar-refractivity contribution is 6.30. The predicted octanol–water partition coefficient (Wildman–Crippen LogP) is 2.61. The lowest BCUT2D eigenvalue weighted by molar-refractivity contribution is 0.0953. The van der Waals surface area contributed by atoms with E-state index in [-0.39, 0.29) is 5.91 Å². The van der Waals surface area contributed by atoms with Gasteiger partial charge >= 0.3 is 0 Å². The number of hydrogen-bond donors (Lipinski definition) is 2. The summed E-state index contributed by atoms with van der Waals surface area (Å²) < 4.78 is 0. The number of nitrogens with one attached hydrogen (secondary N) is 1. The van der Waals surface area contributed by atoms with Gasteiger partial charge in [-0.2, -0.15) is 0 Å². The number of rotatable bonds is 2. The van der Waals surface area contributed by atoms with Gasteiger partial charge < -0.3 is 0 Å². The Balaban J connectivity index is 2.43. The molecule has 1 amide bonds. The van der Waals surface area contributed by atoms with Gasteiger partial charge in [-0.1, -0.05) is 35.9 Å². The summed E-state index contributed by atoms with van der Waals surface area (Å²) in [6, 6.07) is 14.7. The van der Waals surface area contributed by atoms with Crippen LogP contribution in [0.2, 0.25) is 5.02 Å². The summed E-state index contributed by atoms with van der Waals surface area (Å²) in [6.45, 7) is 0. The summed E-state index contributed by atoms with van der Waals surface area (Å²) in [4.78, 5) is 11.4. The van der Waals surface area contributed by atoms with Crippen molar-refractivity contribution in [2.45, 2.75) is 0 Å². The SMILES string of the molecule is NNC(=O)c1cccc(-c2cccc(Cl)c2)c1. The van der Waals surface area contributed by atoms with Crippen molar-refractivity contribution in [3.63, 3.8) is 0 Å². The summed E-state index contributed by atoms with van der Waals surface area (Å²) in [5.41, 5.74) is 4.51. The monoisotopic (exact) mass is 246 g/mol. The highest BCUT2D eigenvalue weighted by Crippen LogP contribution is 2.23. The zero-order chi connectivity index (χ0) is 12.3. The zero-order valence-corrected chi connectivity index (χ0v) is 9.74. The molecule has 0 aliphatic carbocycles. The molecule has 86 valence electrons. The van der Waals surface area contributed by atoms with Crippen LogP contribution in [-0.2, 0) is 0 Å². The fourth-order valence-electron chi connectivity index (χ4n) is 1.59. The smallest absolute Gasteiger partial charge is 0.265 e. The number of carbonyl (C=O) groups is 1. The summed E-state index contributed by atoms with van der Waals surface area (Å²) in [6.07, 6.45) is 0. The average Bonchev–Trinajstić information content (AvgIpc) is 2.38. The molecule has 0 spiro atoms. The average molecular weight is 247 g/mol. The first-order valence-corrected chi connectivity index (χ1v) is 5.45. The second kappa shape index (κ2) is 4.99. The molecule has 0 atom stereocenters. The minimum Gasteiger partial charge on any atom is -0.290 e. The standard InChI is InChI=1S/C13H11ClN2O/c14-12-6-2-4-10(8-12)9-3-1-5-11(7-9)13(17)16-15/h1-8H,15H2,(H,16,17). The van der Waals surface area contributed by atoms with Gasteiger partial charge in [0.25, 0.3) is 5.91 Å². The fraction of sp³-hybridized carbons (Fsp3) is 0. The molecule has 0 aliphatic heterocycles. The van der Waals surface area contributed by atoms with Crippen molar-refractivity contribution in [1.82, 2.24) is 5.43 Å². The van der Waals surface area contributed by atoms with E-state index in [9.17, 15) is 4.79 Å². The molecule has 0 fully saturated rings. The molecule has 0 aliphatic rings. The van der Waals surface area contributed by atoms with Crippen LogP contribution >= 0.6 is 11.6 Å². The maximum Gasteiger partial charge on any atom is 0.265 e. The van der Waals surface area contributed by atoms with E-state index in [1.54, 1.807) is 18.2 Å². The van der Waals surface area contributed by atoms with Crippen LogP contribution in [0.1, 0.15) is 10.4 Å². The first-order chi connectivity index (χ1) is 8.20. The molecule has 0 unspecified atom stereocenters. The van der Waals surface area contributed by atoms with Crippen molar-refractivity contribution in [2.75, 3.05) is 0 Å². The van der Waals surface area contributed by atoms with Gasteiger partial charge in [0.2, 0.25) is 0 Å². The Morgan fingerprint density at radius 1 is 1.06 bits per heavy atom. The van der Waals surface area contributed by atoms with E-state index < -0.39 is 0 Å². The molecule has 0 saturated carbocycles. The van der Waals surface area contributed by atoms with Gasteiger partial charge in [-0.05, 0) is 35.4 Å². The Morgan fingerprint density at radius 3 is 2.35 bits per heavy atom. The lowest BCUT2D eigenvalue weighted by Crippen LogP contribution is -2.29. The number of benzene rings is 2. The summed E-state index contributed by atoms with van der Waals surface area (Å²) >= 11 is 5.93. The second-order valence-electron chi connectivity index (χ2n) is 3.56. The lowest BCUT2D eigenvalue weighted by atomic mass is 10.0. The van der Waals surface area contributed by atoms with Crippen LogP contribution in [-0.4, -0.2) is 5.91 Å². The Bertz CT molecular complexity index is 555. The Kier molecular flexibility index (Phi) is 3.42. The molecule has 3 nitrogen and oxygen atoms in total. The summed E-state index contributed by atoms with van der Waals surface area (Å²) in [7, 11) is 0. The van der Waals surface area contributed by atoms with Gasteiger partial charge in [-0.3, -0.25) is 10.2 Å². The molecule has 2 aromatic carbocycles. The van der Waals surface area contributed by atoms with E-state index in [1.165, 1.54) is 0 Å². The first-order valence-electron chi connectivity index (χ1n) is 5.07. The fourth-order valence-corrected chi connectivity index (χ4v) is 1.78. The van der Waals surface area contributed by atoms with E-state index in [2.05, 4.69) is 5.43 Å². The molecule has 3 N–H and O–H groups in total. The molecular formula is C13H11ClN2O. The predicted molar refractivity (Wildman–Crippen MR) is 68.5 cm³/mol. The molecule has 4 heteroatoms. The van der Waals surface area contributed by atoms with Gasteiger partial charge in [-0.15, -0.1) is 0 Å². The van der Waals surface area contributed by atoms with Crippen LogP contribution in [0.5, 0.6) is 0 Å². The van der Waals surface area contributed by atoms with Crippen molar-refractivity contribution >= 4 is 17.5 Å². The maximum absolute atomic E-state index is 11.4. The number of halogens is 1. The van der Waals surface area contributed by atoms with Gasteiger partial charge in [-0.25, -0.2) is 5.84 Å². The minimum atomic E-state index is -0.311. The largest absolute Gasteiger partial charge is 0.290 e. The minimum absolute atomic E-state index is 0.311. The normalized spacial score (nSPS) is 10.0. The van der Waals surface area contributed by atoms with Gasteiger partial charge in [0.05, 0.1) is 0 Å². The summed E-state index contributed by atoms with van der Waals surface area (Å²) in [5, 5.41) is 0.663. The van der Waals surface area contributed by atoms with Crippen molar-refractivity contribution in [2.24, 2.45) is 5.84 Å². The van der Waals surface area contributed by atoms with Crippen LogP contribution in [0.15, 0.2) is 48.5 Å². The molecule has 0 aromatic heterocycles. The molecule has 17 heavy (non-hydrogen) atoms. The van der Waals surface area contributed by atoms with Crippen molar-refractivity contribution < 1.29 is 4.79 Å². The van der Waals surface area contributed by atoms with E-state index in [0.29, 0.717) is 10.6 Å². The number of amides is 1. The molecule has 0 heterocycles. The third-order valence-corrected chi connectivity index (χ3v) is 2.65. The summed E-state index contributed by atoms with van der Waals surface area (Å²) in [5.74, 6) is 4.79. The zero-order valence-electron chi connectivity index (χ0n) is 8.98. The van der Waals surface area contributed by atoms with Crippen LogP contribution in [0.25, 0.3) is 11.1 Å². The Morgan fingerprint density at radius 2 is 1.71 bits per heavy atom. The molecule has 0 radical (unpaired) electrons. The molecule has 0 saturated heterocycles. The van der Waals surface area contributed by atoms with E-state index >= 15 is 0 Å². The maximum atomic E-state index is 11.4. The second-order valence-corrected chi connectivity index (χ2v) is 4.00. The van der Waals surface area contributed by atoms with E-state index in [1.807, 2.05) is 30.3 Å². The highest BCUT2D eigenvalue weighted by Gasteiger charge is 2.05.